The zero-order chi connectivity index (χ0) is 9.36. The molecule has 0 fully saturated rings. The first kappa shape index (κ1) is 9.19. The van der Waals surface area contributed by atoms with Gasteiger partial charge in [0, 0.05) is 18.5 Å². The van der Waals surface area contributed by atoms with E-state index in [1.807, 2.05) is 18.2 Å². The van der Waals surface area contributed by atoms with Crippen LogP contribution in [0.3, 0.4) is 0 Å². The molecule has 0 bridgehead atoms. The van der Waals surface area contributed by atoms with Crippen molar-refractivity contribution in [2.24, 2.45) is 0 Å². The topological polar surface area (TPSA) is 43.1 Å². The van der Waals surface area contributed by atoms with Crippen LogP contribution in [0.5, 0.6) is 0 Å². The Kier molecular flexibility index (Phi) is 4.04. The molecule has 2 rings (SSSR count). The molecule has 0 aromatic carbocycles. The van der Waals surface area contributed by atoms with Crippen LogP contribution in [0.2, 0.25) is 0 Å². The molecule has 13 heavy (non-hydrogen) atoms. The maximum atomic E-state index is 10.1. The predicted octanol–water partition coefficient (Wildman–Crippen LogP) is 1.72. The van der Waals surface area contributed by atoms with Crippen LogP contribution in [-0.2, 0) is 0 Å². The fourth-order valence-electron chi connectivity index (χ4n) is 0.638. The van der Waals surface area contributed by atoms with Gasteiger partial charge in [0.2, 0.25) is 0 Å². The third-order valence-corrected chi connectivity index (χ3v) is 1.17. The van der Waals surface area contributed by atoms with E-state index in [2.05, 4.69) is 9.40 Å². The summed E-state index contributed by atoms with van der Waals surface area (Å²) in [7, 11) is 0. The quantitative estimate of drug-likeness (QED) is 0.612. The van der Waals surface area contributed by atoms with E-state index in [0.29, 0.717) is 0 Å². The lowest BCUT2D eigenvalue weighted by molar-refractivity contribution is 0.511. The second kappa shape index (κ2) is 5.71. The largest absolute Gasteiger partial charge is 0.431 e. The van der Waals surface area contributed by atoms with Crippen molar-refractivity contribution in [1.82, 2.24) is 4.98 Å². The minimum absolute atomic E-state index is 0.303. The highest BCUT2D eigenvalue weighted by Gasteiger charge is 1.72. The number of hydrogen-bond acceptors (Lipinski definition) is 3. The highest BCUT2D eigenvalue weighted by atomic mass is 16.4. The van der Waals surface area contributed by atoms with Gasteiger partial charge in [-0.3, -0.25) is 4.98 Å². The summed E-state index contributed by atoms with van der Waals surface area (Å²) in [4.78, 5) is 13.9. The van der Waals surface area contributed by atoms with E-state index in [4.69, 9.17) is 0 Å². The third-order valence-electron chi connectivity index (χ3n) is 1.17. The standard InChI is InChI=1S/C5H5N.C5H4O2/c1-2-4-6-5-3-1;6-5-3-1-2-4-7-5/h1-5H;1-4H. The molecular weight excluding hydrogens is 166 g/mol. The third kappa shape index (κ3) is 4.53. The SMILES string of the molecule is O=c1cccco1.c1ccncc1. The molecule has 0 aliphatic rings. The number of pyridine rings is 1. The minimum Gasteiger partial charge on any atom is -0.431 e. The van der Waals surface area contributed by atoms with Gasteiger partial charge in [0.1, 0.15) is 0 Å². The van der Waals surface area contributed by atoms with Crippen molar-refractivity contribution >= 4 is 0 Å². The Morgan fingerprint density at radius 3 is 2.00 bits per heavy atom. The van der Waals surface area contributed by atoms with Gasteiger partial charge in [-0.2, -0.15) is 0 Å². The lowest BCUT2D eigenvalue weighted by atomic mass is 10.5. The van der Waals surface area contributed by atoms with E-state index in [-0.39, 0.29) is 5.63 Å². The predicted molar refractivity (Wildman–Crippen MR) is 49.2 cm³/mol. The Morgan fingerprint density at radius 1 is 1.00 bits per heavy atom. The van der Waals surface area contributed by atoms with Crippen LogP contribution < -0.4 is 5.63 Å². The first-order valence-corrected chi connectivity index (χ1v) is 3.78. The summed E-state index contributed by atoms with van der Waals surface area (Å²) in [5.74, 6) is 0. The number of rotatable bonds is 0. The highest BCUT2D eigenvalue weighted by molar-refractivity contribution is 4.88. The van der Waals surface area contributed by atoms with E-state index < -0.39 is 0 Å². The molecule has 0 saturated heterocycles. The zero-order valence-corrected chi connectivity index (χ0v) is 6.96. The molecule has 2 aromatic rings. The first-order valence-electron chi connectivity index (χ1n) is 3.78. The van der Waals surface area contributed by atoms with Crippen molar-refractivity contribution in [3.8, 4) is 0 Å². The number of aromatic nitrogens is 1. The molecule has 0 amide bonds. The van der Waals surface area contributed by atoms with Crippen molar-refractivity contribution in [3.63, 3.8) is 0 Å². The van der Waals surface area contributed by atoms with Gasteiger partial charge in [0.05, 0.1) is 6.26 Å². The van der Waals surface area contributed by atoms with Crippen molar-refractivity contribution in [1.29, 1.82) is 0 Å². The molecular formula is C10H9NO2. The Bertz CT molecular complexity index is 326. The van der Waals surface area contributed by atoms with Crippen molar-refractivity contribution in [3.05, 3.63) is 65.5 Å². The van der Waals surface area contributed by atoms with E-state index in [0.717, 1.165) is 0 Å². The van der Waals surface area contributed by atoms with Crippen LogP contribution in [0.4, 0.5) is 0 Å². The first-order chi connectivity index (χ1) is 6.39. The molecule has 0 aliphatic heterocycles. The van der Waals surface area contributed by atoms with E-state index >= 15 is 0 Å². The molecule has 0 saturated carbocycles. The summed E-state index contributed by atoms with van der Waals surface area (Å²) < 4.78 is 4.37. The van der Waals surface area contributed by atoms with E-state index in [1.165, 1.54) is 12.3 Å². The summed E-state index contributed by atoms with van der Waals surface area (Å²) in [6.07, 6.45) is 4.85. The molecule has 3 nitrogen and oxygen atoms in total. The molecule has 2 aromatic heterocycles. The Balaban J connectivity index is 0.000000132. The summed E-state index contributed by atoms with van der Waals surface area (Å²) >= 11 is 0. The fraction of sp³-hybridized carbons (Fsp3) is 0. The van der Waals surface area contributed by atoms with Gasteiger partial charge < -0.3 is 4.42 Å². The van der Waals surface area contributed by atoms with Crippen molar-refractivity contribution in [2.75, 3.05) is 0 Å². The number of nitrogens with zero attached hydrogens (tertiary/aromatic N) is 1. The van der Waals surface area contributed by atoms with Gasteiger partial charge in [-0.25, -0.2) is 4.79 Å². The van der Waals surface area contributed by atoms with Crippen molar-refractivity contribution < 1.29 is 4.42 Å². The molecule has 0 N–H and O–H groups in total. The van der Waals surface area contributed by atoms with Gasteiger partial charge in [-0.1, -0.05) is 12.1 Å². The summed E-state index contributed by atoms with van der Waals surface area (Å²) in [5.41, 5.74) is -0.303. The molecule has 0 spiro atoms. The normalized spacial score (nSPS) is 8.31. The second-order valence-corrected chi connectivity index (χ2v) is 2.15. The van der Waals surface area contributed by atoms with Gasteiger partial charge >= 0.3 is 5.63 Å². The highest BCUT2D eigenvalue weighted by Crippen LogP contribution is 1.73. The average molecular weight is 175 g/mol. The van der Waals surface area contributed by atoms with Crippen LogP contribution in [-0.4, -0.2) is 4.98 Å². The number of hydrogen-bond donors (Lipinski definition) is 0. The molecule has 2 heterocycles. The van der Waals surface area contributed by atoms with E-state index in [1.54, 1.807) is 24.5 Å². The fourth-order valence-corrected chi connectivity index (χ4v) is 0.638. The lowest BCUT2D eigenvalue weighted by Gasteiger charge is -1.72. The van der Waals surface area contributed by atoms with Crippen LogP contribution in [0.1, 0.15) is 0 Å². The Morgan fingerprint density at radius 2 is 1.77 bits per heavy atom. The summed E-state index contributed by atoms with van der Waals surface area (Å²) in [6.45, 7) is 0. The van der Waals surface area contributed by atoms with Gasteiger partial charge in [-0.05, 0) is 18.2 Å². The molecule has 0 aliphatic carbocycles. The van der Waals surface area contributed by atoms with E-state index in [9.17, 15) is 4.79 Å². The van der Waals surface area contributed by atoms with Crippen LogP contribution in [0.25, 0.3) is 0 Å². The lowest BCUT2D eigenvalue weighted by Crippen LogP contribution is -1.90. The van der Waals surface area contributed by atoms with Gasteiger partial charge in [-0.15, -0.1) is 0 Å². The minimum atomic E-state index is -0.303. The van der Waals surface area contributed by atoms with Crippen LogP contribution in [0.15, 0.2) is 64.3 Å². The Hall–Kier alpha value is -1.90. The summed E-state index contributed by atoms with van der Waals surface area (Å²) in [6, 6.07) is 10.4. The summed E-state index contributed by atoms with van der Waals surface area (Å²) in [5, 5.41) is 0. The molecule has 0 atom stereocenters. The average Bonchev–Trinajstić information content (AvgIpc) is 2.22. The monoisotopic (exact) mass is 175 g/mol. The second-order valence-electron chi connectivity index (χ2n) is 2.15. The zero-order valence-electron chi connectivity index (χ0n) is 6.96. The molecule has 0 unspecified atom stereocenters. The van der Waals surface area contributed by atoms with Gasteiger partial charge in [0.25, 0.3) is 0 Å². The van der Waals surface area contributed by atoms with Crippen LogP contribution >= 0.6 is 0 Å². The van der Waals surface area contributed by atoms with Gasteiger partial charge in [0.15, 0.2) is 0 Å². The maximum absolute atomic E-state index is 10.1. The maximum Gasteiger partial charge on any atom is 0.335 e. The molecule has 0 radical (unpaired) electrons. The Labute approximate surface area is 75.7 Å². The van der Waals surface area contributed by atoms with Crippen LogP contribution in [0, 0.1) is 0 Å². The van der Waals surface area contributed by atoms with Crippen molar-refractivity contribution in [2.45, 2.75) is 0 Å². The molecule has 66 valence electrons. The molecule has 3 heteroatoms. The smallest absolute Gasteiger partial charge is 0.335 e.